The van der Waals surface area contributed by atoms with E-state index < -0.39 is 0 Å². The van der Waals surface area contributed by atoms with Gasteiger partial charge >= 0.3 is 0 Å². The van der Waals surface area contributed by atoms with E-state index in [2.05, 4.69) is 27.4 Å². The summed E-state index contributed by atoms with van der Waals surface area (Å²) in [6.07, 6.45) is 5.42. The molecule has 2 heterocycles. The van der Waals surface area contributed by atoms with Crippen molar-refractivity contribution in [3.8, 4) is 5.75 Å². The fourth-order valence-electron chi connectivity index (χ4n) is 3.16. The fraction of sp³-hybridized carbons (Fsp3) is 0.0909. The molecule has 0 saturated carbocycles. The minimum atomic E-state index is -0.338. The number of rotatable bonds is 5. The molecule has 140 valence electrons. The number of aromatic nitrogens is 2. The van der Waals surface area contributed by atoms with Crippen molar-refractivity contribution in [3.05, 3.63) is 89.2 Å². The monoisotopic (exact) mass is 407 g/mol. The zero-order chi connectivity index (χ0) is 19.5. The van der Waals surface area contributed by atoms with Crippen molar-refractivity contribution in [1.82, 2.24) is 9.97 Å². The van der Waals surface area contributed by atoms with Crippen LogP contribution in [0.15, 0.2) is 78.0 Å². The molecule has 0 spiro atoms. The summed E-state index contributed by atoms with van der Waals surface area (Å²) in [5.41, 5.74) is 2.13. The van der Waals surface area contributed by atoms with Gasteiger partial charge in [0.2, 0.25) is 0 Å². The summed E-state index contributed by atoms with van der Waals surface area (Å²) in [7, 11) is 0. The van der Waals surface area contributed by atoms with Gasteiger partial charge in [0, 0.05) is 28.2 Å². The topological polar surface area (TPSA) is 58.0 Å². The van der Waals surface area contributed by atoms with E-state index >= 15 is 0 Å². The number of phenolic OH excluding ortho intramolecular Hbond substituents is 1. The van der Waals surface area contributed by atoms with Crippen molar-refractivity contribution in [1.29, 1.82) is 0 Å². The van der Waals surface area contributed by atoms with Gasteiger partial charge in [-0.25, -0.2) is 4.98 Å². The van der Waals surface area contributed by atoms with Gasteiger partial charge in [0.05, 0.1) is 11.1 Å². The minimum absolute atomic E-state index is 0.113. The number of nitrogens with zero attached hydrogens (tertiary/aromatic N) is 2. The zero-order valence-corrected chi connectivity index (χ0v) is 16.7. The Balaban J connectivity index is 1.87. The van der Waals surface area contributed by atoms with Crippen LogP contribution in [-0.4, -0.2) is 21.3 Å². The lowest BCUT2D eigenvalue weighted by molar-refractivity contribution is 0.471. The van der Waals surface area contributed by atoms with Gasteiger partial charge in [0.25, 0.3) is 0 Å². The minimum Gasteiger partial charge on any atom is -0.505 e. The molecule has 0 saturated heterocycles. The Kier molecular flexibility index (Phi) is 5.37. The molecule has 4 rings (SSSR count). The van der Waals surface area contributed by atoms with Crippen molar-refractivity contribution in [3.63, 3.8) is 0 Å². The number of benzene rings is 2. The Morgan fingerprint density at radius 2 is 1.79 bits per heavy atom. The van der Waals surface area contributed by atoms with Gasteiger partial charge in [-0.2, -0.15) is 0 Å². The Labute approximate surface area is 172 Å². The average Bonchev–Trinajstić information content (AvgIpc) is 2.76. The predicted octanol–water partition coefficient (Wildman–Crippen LogP) is 5.91. The number of aromatic hydroxyl groups is 1. The summed E-state index contributed by atoms with van der Waals surface area (Å²) in [6.45, 7) is 0. The standard InChI is InChI=1S/C22H18ClN3OS/c1-28-15-9-7-14(8-10-15)20(26-19-6-2-3-11-24-19)17-13-18(23)16-5-4-12-25-21(16)22(17)27/h2-13,20,27H,1H3,(H,24,26)/t20-/m1/s1. The number of hydrogen-bond acceptors (Lipinski definition) is 5. The highest BCUT2D eigenvalue weighted by atomic mass is 35.5. The van der Waals surface area contributed by atoms with Crippen LogP contribution in [0.5, 0.6) is 5.75 Å². The number of nitrogens with one attached hydrogen (secondary N) is 1. The van der Waals surface area contributed by atoms with E-state index in [0.29, 0.717) is 21.9 Å². The predicted molar refractivity (Wildman–Crippen MR) is 116 cm³/mol. The van der Waals surface area contributed by atoms with E-state index in [9.17, 15) is 5.11 Å². The van der Waals surface area contributed by atoms with E-state index in [-0.39, 0.29) is 11.8 Å². The van der Waals surface area contributed by atoms with E-state index in [1.165, 1.54) is 4.90 Å². The molecular weight excluding hydrogens is 390 g/mol. The van der Waals surface area contributed by atoms with Crippen LogP contribution >= 0.6 is 23.4 Å². The van der Waals surface area contributed by atoms with Gasteiger partial charge in [0.1, 0.15) is 17.1 Å². The highest BCUT2D eigenvalue weighted by Gasteiger charge is 2.22. The van der Waals surface area contributed by atoms with Crippen LogP contribution in [0.4, 0.5) is 5.82 Å². The second-order valence-electron chi connectivity index (χ2n) is 6.26. The molecule has 0 aliphatic heterocycles. The number of hydrogen-bond donors (Lipinski definition) is 2. The molecule has 2 N–H and O–H groups in total. The first kappa shape index (κ1) is 18.6. The largest absolute Gasteiger partial charge is 0.505 e. The maximum atomic E-state index is 11.0. The number of phenols is 1. The summed E-state index contributed by atoms with van der Waals surface area (Å²) < 4.78 is 0. The van der Waals surface area contributed by atoms with Crippen molar-refractivity contribution in [2.75, 3.05) is 11.6 Å². The number of fused-ring (bicyclic) bond motifs is 1. The molecule has 4 aromatic rings. The third-order valence-electron chi connectivity index (χ3n) is 4.56. The van der Waals surface area contributed by atoms with Crippen LogP contribution in [0.2, 0.25) is 5.02 Å². The first-order chi connectivity index (χ1) is 13.7. The molecule has 4 nitrogen and oxygen atoms in total. The van der Waals surface area contributed by atoms with Gasteiger partial charge < -0.3 is 10.4 Å². The molecular formula is C22H18ClN3OS. The molecule has 28 heavy (non-hydrogen) atoms. The molecule has 0 fully saturated rings. The second-order valence-corrected chi connectivity index (χ2v) is 7.55. The number of halogens is 1. The van der Waals surface area contributed by atoms with Crippen LogP contribution in [0.3, 0.4) is 0 Å². The lowest BCUT2D eigenvalue weighted by Gasteiger charge is -2.22. The Morgan fingerprint density at radius 1 is 1.00 bits per heavy atom. The van der Waals surface area contributed by atoms with Crippen LogP contribution in [0, 0.1) is 0 Å². The van der Waals surface area contributed by atoms with E-state index in [1.54, 1.807) is 36.3 Å². The number of pyridine rings is 2. The SMILES string of the molecule is CSc1ccc([C@@H](Nc2ccccn2)c2cc(Cl)c3cccnc3c2O)cc1. The summed E-state index contributed by atoms with van der Waals surface area (Å²) >= 11 is 8.20. The molecule has 0 aliphatic rings. The van der Waals surface area contributed by atoms with Gasteiger partial charge in [-0.15, -0.1) is 11.8 Å². The smallest absolute Gasteiger partial charge is 0.147 e. The van der Waals surface area contributed by atoms with E-state index in [4.69, 9.17) is 11.6 Å². The first-order valence-electron chi connectivity index (χ1n) is 8.75. The quantitative estimate of drug-likeness (QED) is 0.402. The van der Waals surface area contributed by atoms with Crippen LogP contribution in [0.1, 0.15) is 17.2 Å². The molecule has 0 radical (unpaired) electrons. The maximum absolute atomic E-state index is 11.0. The Morgan fingerprint density at radius 3 is 2.50 bits per heavy atom. The van der Waals surface area contributed by atoms with Crippen LogP contribution < -0.4 is 5.32 Å². The van der Waals surface area contributed by atoms with Crippen LogP contribution in [0.25, 0.3) is 10.9 Å². The van der Waals surface area contributed by atoms with Gasteiger partial charge in [-0.05, 0) is 54.3 Å². The van der Waals surface area contributed by atoms with E-state index in [1.807, 2.05) is 42.7 Å². The molecule has 6 heteroatoms. The highest BCUT2D eigenvalue weighted by molar-refractivity contribution is 7.98. The Bertz CT molecular complexity index is 1100. The van der Waals surface area contributed by atoms with Gasteiger partial charge in [-0.1, -0.05) is 29.8 Å². The summed E-state index contributed by atoms with van der Waals surface area (Å²) in [4.78, 5) is 9.87. The zero-order valence-electron chi connectivity index (χ0n) is 15.1. The normalized spacial score (nSPS) is 12.1. The van der Waals surface area contributed by atoms with Gasteiger partial charge in [0.15, 0.2) is 0 Å². The summed E-state index contributed by atoms with van der Waals surface area (Å²) in [5, 5.41) is 15.7. The molecule has 2 aromatic heterocycles. The Hall–Kier alpha value is -2.76. The van der Waals surface area contributed by atoms with Crippen molar-refractivity contribution in [2.45, 2.75) is 10.9 Å². The molecule has 0 unspecified atom stereocenters. The molecule has 1 atom stereocenters. The fourth-order valence-corrected chi connectivity index (χ4v) is 3.84. The summed E-state index contributed by atoms with van der Waals surface area (Å²) in [6, 6.07) is 19.0. The lowest BCUT2D eigenvalue weighted by Crippen LogP contribution is -2.14. The lowest BCUT2D eigenvalue weighted by atomic mass is 9.96. The molecule has 2 aromatic carbocycles. The van der Waals surface area contributed by atoms with E-state index in [0.717, 1.165) is 10.9 Å². The van der Waals surface area contributed by atoms with Crippen molar-refractivity contribution < 1.29 is 5.11 Å². The third-order valence-corrected chi connectivity index (χ3v) is 5.62. The van der Waals surface area contributed by atoms with Crippen LogP contribution in [-0.2, 0) is 0 Å². The van der Waals surface area contributed by atoms with Crippen molar-refractivity contribution in [2.24, 2.45) is 0 Å². The maximum Gasteiger partial charge on any atom is 0.147 e. The summed E-state index contributed by atoms with van der Waals surface area (Å²) in [5.74, 6) is 0.820. The molecule has 0 bridgehead atoms. The highest BCUT2D eigenvalue weighted by Crippen LogP contribution is 2.39. The van der Waals surface area contributed by atoms with Crippen molar-refractivity contribution >= 4 is 40.1 Å². The molecule has 0 amide bonds. The van der Waals surface area contributed by atoms with Gasteiger partial charge in [-0.3, -0.25) is 4.98 Å². The number of thioether (sulfide) groups is 1. The first-order valence-corrected chi connectivity index (χ1v) is 10.4. The number of anilines is 1. The average molecular weight is 408 g/mol. The second kappa shape index (κ2) is 8.09. The third kappa shape index (κ3) is 3.63. The molecule has 0 aliphatic carbocycles.